The van der Waals surface area contributed by atoms with Crippen molar-refractivity contribution in [1.82, 2.24) is 14.5 Å². The number of imidazole rings is 1. The van der Waals surface area contributed by atoms with Crippen LogP contribution in [-0.4, -0.2) is 38.0 Å². The molecule has 0 N–H and O–H groups in total. The summed E-state index contributed by atoms with van der Waals surface area (Å²) >= 11 is 0. The highest BCUT2D eigenvalue weighted by atomic mass is 19.4. The third kappa shape index (κ3) is 4.75. The minimum Gasteiger partial charge on any atom is -0.489 e. The number of nitrogens with zero attached hydrogens (tertiary/aromatic N) is 3. The van der Waals surface area contributed by atoms with Crippen molar-refractivity contribution in [1.29, 1.82) is 0 Å². The molecule has 1 aromatic heterocycles. The first kappa shape index (κ1) is 23.8. The molecular weight excluding hydrogens is 475 g/mol. The number of hydrogen-bond donors (Lipinski definition) is 0. The van der Waals surface area contributed by atoms with Gasteiger partial charge < -0.3 is 14.2 Å². The third-order valence-electron chi connectivity index (χ3n) is 6.47. The molecule has 2 heterocycles. The summed E-state index contributed by atoms with van der Waals surface area (Å²) in [6.45, 7) is 0.726. The Balaban J connectivity index is 1.23. The van der Waals surface area contributed by atoms with Crippen LogP contribution in [0.25, 0.3) is 0 Å². The van der Waals surface area contributed by atoms with Crippen molar-refractivity contribution in [2.75, 3.05) is 0 Å². The summed E-state index contributed by atoms with van der Waals surface area (Å²) in [5.41, 5.74) is 1.93. The van der Waals surface area contributed by atoms with Crippen LogP contribution in [0.3, 0.4) is 0 Å². The second-order valence-electron chi connectivity index (χ2n) is 8.99. The fraction of sp³-hybridized carbons (Fsp3) is 0.308. The van der Waals surface area contributed by atoms with E-state index in [2.05, 4.69) is 4.98 Å². The van der Waals surface area contributed by atoms with Gasteiger partial charge in [-0.2, -0.15) is 13.2 Å². The number of aromatic nitrogens is 2. The Morgan fingerprint density at radius 1 is 1.03 bits per heavy atom. The van der Waals surface area contributed by atoms with Crippen LogP contribution in [0.5, 0.6) is 5.75 Å². The number of alkyl halides is 3. The summed E-state index contributed by atoms with van der Waals surface area (Å²) in [6.07, 6.45) is -1.85. The summed E-state index contributed by atoms with van der Waals surface area (Å²) in [7, 11) is 0. The topological polar surface area (TPSA) is 81.5 Å². The number of halogens is 3. The summed E-state index contributed by atoms with van der Waals surface area (Å²) in [5.74, 6) is -0.00244. The first-order valence-electron chi connectivity index (χ1n) is 11.5. The Labute approximate surface area is 204 Å². The van der Waals surface area contributed by atoms with E-state index in [0.29, 0.717) is 29.7 Å². The maximum absolute atomic E-state index is 13.0. The van der Waals surface area contributed by atoms with Crippen molar-refractivity contribution in [2.24, 2.45) is 0 Å². The standard InChI is InChI=1S/C26H22F3N3O4/c27-26(28,29)24-13-31(15-30-24)11-16-4-6-17(7-5-16)14-36-23-3-1-2-19-20(23)12-32(25(19)35)21-9-8-18(33)10-22(21)34/h1-7,13,15,21H,8-12,14H2. The Bertz CT molecular complexity index is 1330. The fourth-order valence-electron chi connectivity index (χ4n) is 4.61. The molecule has 5 rings (SSSR count). The lowest BCUT2D eigenvalue weighted by atomic mass is 9.92. The summed E-state index contributed by atoms with van der Waals surface area (Å²) in [6, 6.07) is 11.9. The van der Waals surface area contributed by atoms with Gasteiger partial charge in [-0.05, 0) is 29.7 Å². The van der Waals surface area contributed by atoms with Crippen molar-refractivity contribution < 1.29 is 32.3 Å². The van der Waals surface area contributed by atoms with Crippen molar-refractivity contribution in [3.8, 4) is 5.75 Å². The SMILES string of the molecule is O=C1CCC(N2Cc3c(OCc4ccc(Cn5cnc(C(F)(F)F)c5)cc4)cccc3C2=O)C(=O)C1. The van der Waals surface area contributed by atoms with Crippen LogP contribution in [0.1, 0.15) is 52.0 Å². The molecule has 1 unspecified atom stereocenters. The maximum Gasteiger partial charge on any atom is 0.434 e. The highest BCUT2D eigenvalue weighted by Crippen LogP contribution is 2.34. The molecule has 2 aliphatic rings. The van der Waals surface area contributed by atoms with Crippen LogP contribution in [0, 0.1) is 0 Å². The molecule has 186 valence electrons. The quantitative estimate of drug-likeness (QED) is 0.478. The molecule has 1 saturated carbocycles. The molecule has 1 fully saturated rings. The van der Waals surface area contributed by atoms with Crippen molar-refractivity contribution in [3.63, 3.8) is 0 Å². The van der Waals surface area contributed by atoms with Crippen LogP contribution in [-0.2, 0) is 35.5 Å². The molecule has 7 nitrogen and oxygen atoms in total. The number of fused-ring (bicyclic) bond motifs is 1. The number of Topliss-reactive ketones (excluding diaryl/α,β-unsaturated/α-hetero) is 2. The highest BCUT2D eigenvalue weighted by molar-refractivity contribution is 6.07. The summed E-state index contributed by atoms with van der Waals surface area (Å²) < 4.78 is 45.6. The van der Waals surface area contributed by atoms with Crippen molar-refractivity contribution >= 4 is 17.5 Å². The average Bonchev–Trinajstić information content (AvgIpc) is 3.44. The first-order valence-corrected chi connectivity index (χ1v) is 11.5. The average molecular weight is 497 g/mol. The van der Waals surface area contributed by atoms with Gasteiger partial charge in [0.25, 0.3) is 5.91 Å². The first-order chi connectivity index (χ1) is 17.2. The number of amides is 1. The van der Waals surface area contributed by atoms with Crippen LogP contribution < -0.4 is 4.74 Å². The minimum absolute atomic E-state index is 0.0912. The van der Waals surface area contributed by atoms with Gasteiger partial charge in [-0.15, -0.1) is 0 Å². The zero-order chi connectivity index (χ0) is 25.4. The molecule has 1 atom stereocenters. The Hall–Kier alpha value is -3.95. The molecule has 1 aliphatic heterocycles. The van der Waals surface area contributed by atoms with Crippen LogP contribution in [0.4, 0.5) is 13.2 Å². The predicted molar refractivity (Wildman–Crippen MR) is 121 cm³/mol. The number of carbonyl (C=O) groups is 3. The summed E-state index contributed by atoms with van der Waals surface area (Å²) in [5, 5.41) is 0. The number of hydrogen-bond acceptors (Lipinski definition) is 5. The van der Waals surface area contributed by atoms with Gasteiger partial charge in [0.2, 0.25) is 0 Å². The van der Waals surface area contributed by atoms with Crippen LogP contribution in [0.15, 0.2) is 55.0 Å². The molecule has 2 aromatic carbocycles. The van der Waals surface area contributed by atoms with Gasteiger partial charge >= 0.3 is 6.18 Å². The van der Waals surface area contributed by atoms with Crippen molar-refractivity contribution in [2.45, 2.75) is 51.2 Å². The molecule has 0 saturated heterocycles. The summed E-state index contributed by atoms with van der Waals surface area (Å²) in [4.78, 5) is 41.8. The van der Waals surface area contributed by atoms with E-state index < -0.39 is 17.9 Å². The van der Waals surface area contributed by atoms with Crippen LogP contribution >= 0.6 is 0 Å². The maximum atomic E-state index is 13.0. The lowest BCUT2D eigenvalue weighted by molar-refractivity contribution is -0.141. The second kappa shape index (κ2) is 9.25. The highest BCUT2D eigenvalue weighted by Gasteiger charge is 2.40. The predicted octanol–water partition coefficient (Wildman–Crippen LogP) is 4.18. The third-order valence-corrected chi connectivity index (χ3v) is 6.47. The number of ketones is 2. The largest absolute Gasteiger partial charge is 0.489 e. The molecule has 10 heteroatoms. The number of rotatable bonds is 6. The van der Waals surface area contributed by atoms with E-state index >= 15 is 0 Å². The van der Waals surface area contributed by atoms with Gasteiger partial charge in [-0.1, -0.05) is 30.3 Å². The van der Waals surface area contributed by atoms with Gasteiger partial charge in [0.05, 0.1) is 25.3 Å². The van der Waals surface area contributed by atoms with E-state index in [1.807, 2.05) is 24.3 Å². The zero-order valence-corrected chi connectivity index (χ0v) is 19.1. The Morgan fingerprint density at radius 3 is 2.47 bits per heavy atom. The molecule has 1 amide bonds. The van der Waals surface area contributed by atoms with Gasteiger partial charge in [0.1, 0.15) is 18.1 Å². The van der Waals surface area contributed by atoms with Crippen LogP contribution in [0.2, 0.25) is 0 Å². The molecular formula is C26H22F3N3O4. The van der Waals surface area contributed by atoms with E-state index in [-0.39, 0.29) is 43.6 Å². The van der Waals surface area contributed by atoms with Gasteiger partial charge in [0.15, 0.2) is 11.5 Å². The van der Waals surface area contributed by atoms with E-state index in [1.165, 1.54) is 9.47 Å². The van der Waals surface area contributed by atoms with E-state index in [1.54, 1.807) is 18.2 Å². The van der Waals surface area contributed by atoms with Gasteiger partial charge in [-0.25, -0.2) is 4.98 Å². The van der Waals surface area contributed by atoms with E-state index in [4.69, 9.17) is 4.74 Å². The van der Waals surface area contributed by atoms with E-state index in [0.717, 1.165) is 23.7 Å². The lowest BCUT2D eigenvalue weighted by Gasteiger charge is -2.29. The van der Waals surface area contributed by atoms with Crippen molar-refractivity contribution in [3.05, 3.63) is 82.9 Å². The number of benzene rings is 2. The zero-order valence-electron chi connectivity index (χ0n) is 19.1. The van der Waals surface area contributed by atoms with E-state index in [9.17, 15) is 27.6 Å². The molecule has 0 spiro atoms. The Kier molecular flexibility index (Phi) is 6.11. The second-order valence-corrected chi connectivity index (χ2v) is 8.99. The minimum atomic E-state index is -4.48. The molecule has 36 heavy (non-hydrogen) atoms. The fourth-order valence-corrected chi connectivity index (χ4v) is 4.61. The monoisotopic (exact) mass is 497 g/mol. The molecule has 3 aromatic rings. The molecule has 0 radical (unpaired) electrons. The molecule has 0 bridgehead atoms. The van der Waals surface area contributed by atoms with Gasteiger partial charge in [0, 0.05) is 30.3 Å². The Morgan fingerprint density at radius 2 is 1.78 bits per heavy atom. The normalized spacial score (nSPS) is 18.0. The smallest absolute Gasteiger partial charge is 0.434 e. The number of carbonyl (C=O) groups excluding carboxylic acids is 3. The lowest BCUT2D eigenvalue weighted by Crippen LogP contribution is -2.44. The number of ether oxygens (including phenoxy) is 1. The molecule has 1 aliphatic carbocycles. The van der Waals surface area contributed by atoms with Gasteiger partial charge in [-0.3, -0.25) is 14.4 Å².